The lowest BCUT2D eigenvalue weighted by Gasteiger charge is -2.36. The molecule has 2 aliphatic rings. The van der Waals surface area contributed by atoms with E-state index in [9.17, 15) is 19.7 Å². The highest BCUT2D eigenvalue weighted by Crippen LogP contribution is 2.45. The molecule has 1 N–H and O–H groups in total. The Kier molecular flexibility index (Phi) is 3.86. The van der Waals surface area contributed by atoms with Gasteiger partial charge < -0.3 is 19.5 Å². The number of carbonyl (C=O) groups is 2. The van der Waals surface area contributed by atoms with E-state index < -0.39 is 40.2 Å². The van der Waals surface area contributed by atoms with Gasteiger partial charge in [0.1, 0.15) is 11.7 Å². The van der Waals surface area contributed by atoms with Gasteiger partial charge in [0.05, 0.1) is 4.92 Å². The van der Waals surface area contributed by atoms with Crippen molar-refractivity contribution < 1.29 is 28.7 Å². The number of fused-ring (bicyclic) bond motifs is 1. The number of hydrogen-bond donors (Lipinski definition) is 1. The van der Waals surface area contributed by atoms with Crippen LogP contribution in [0.4, 0.5) is 0 Å². The van der Waals surface area contributed by atoms with Crippen molar-refractivity contribution in [3.63, 3.8) is 0 Å². The molecule has 9 nitrogen and oxygen atoms in total. The standard InChI is InChI=1S/C16H16N2O7/c1-16(2)24-14(19)11(15(20)25-16)10-8-6-4-5-7-9(8)23-13(17-3)12(10)18(21)22/h4-7,10-11,17H,1-3H3. The summed E-state index contributed by atoms with van der Waals surface area (Å²) in [6, 6.07) is 6.48. The Morgan fingerprint density at radius 1 is 1.12 bits per heavy atom. The van der Waals surface area contributed by atoms with Crippen LogP contribution in [0.3, 0.4) is 0 Å². The van der Waals surface area contributed by atoms with Crippen LogP contribution in [0.2, 0.25) is 0 Å². The topological polar surface area (TPSA) is 117 Å². The van der Waals surface area contributed by atoms with E-state index in [-0.39, 0.29) is 5.88 Å². The predicted molar refractivity (Wildman–Crippen MR) is 82.6 cm³/mol. The predicted octanol–water partition coefficient (Wildman–Crippen LogP) is 1.28. The summed E-state index contributed by atoms with van der Waals surface area (Å²) in [6.45, 7) is 2.83. The maximum absolute atomic E-state index is 12.5. The first-order chi connectivity index (χ1) is 11.7. The number of allylic oxidation sites excluding steroid dienone is 1. The second kappa shape index (κ2) is 5.76. The van der Waals surface area contributed by atoms with Crippen LogP contribution in [0.1, 0.15) is 25.3 Å². The average molecular weight is 348 g/mol. The van der Waals surface area contributed by atoms with Crippen molar-refractivity contribution in [1.29, 1.82) is 0 Å². The summed E-state index contributed by atoms with van der Waals surface area (Å²) in [5, 5.41) is 14.3. The Labute approximate surface area is 142 Å². The summed E-state index contributed by atoms with van der Waals surface area (Å²) >= 11 is 0. The SMILES string of the molecule is CNC1=C([N+](=O)[O-])C(C2C(=O)OC(C)(C)OC2=O)c2ccccc2O1. The second-order valence-electron chi connectivity index (χ2n) is 6.06. The molecular formula is C16H16N2O7. The molecule has 0 aromatic heterocycles. The molecule has 0 amide bonds. The lowest BCUT2D eigenvalue weighted by molar-refractivity contribution is -0.435. The molecule has 0 radical (unpaired) electrons. The number of nitro groups is 1. The second-order valence-corrected chi connectivity index (χ2v) is 6.06. The van der Waals surface area contributed by atoms with Gasteiger partial charge in [0, 0.05) is 26.5 Å². The third-order valence-corrected chi connectivity index (χ3v) is 3.95. The number of rotatable bonds is 3. The number of carbonyl (C=O) groups excluding carboxylic acids is 2. The maximum atomic E-state index is 12.5. The van der Waals surface area contributed by atoms with E-state index in [1.54, 1.807) is 24.3 Å². The van der Waals surface area contributed by atoms with Crippen molar-refractivity contribution in [1.82, 2.24) is 5.32 Å². The monoisotopic (exact) mass is 348 g/mol. The zero-order valence-corrected chi connectivity index (χ0v) is 13.8. The van der Waals surface area contributed by atoms with Crippen LogP contribution in [0.15, 0.2) is 35.8 Å². The van der Waals surface area contributed by atoms with Crippen molar-refractivity contribution in [3.05, 3.63) is 51.5 Å². The molecule has 2 heterocycles. The van der Waals surface area contributed by atoms with Gasteiger partial charge in [0.15, 0.2) is 5.92 Å². The number of esters is 2. The van der Waals surface area contributed by atoms with Crippen LogP contribution in [-0.4, -0.2) is 29.7 Å². The number of cyclic esters (lactones) is 2. The first kappa shape index (κ1) is 16.7. The minimum absolute atomic E-state index is 0.140. The molecule has 1 saturated heterocycles. The van der Waals surface area contributed by atoms with Gasteiger partial charge >= 0.3 is 17.6 Å². The van der Waals surface area contributed by atoms with Gasteiger partial charge in [-0.15, -0.1) is 0 Å². The minimum Gasteiger partial charge on any atom is -0.435 e. The highest BCUT2D eigenvalue weighted by molar-refractivity contribution is 5.98. The Bertz CT molecular complexity index is 779. The molecule has 0 saturated carbocycles. The summed E-state index contributed by atoms with van der Waals surface area (Å²) in [5.74, 6) is -5.69. The molecule has 1 atom stereocenters. The number of hydrogen-bond acceptors (Lipinski definition) is 8. The summed E-state index contributed by atoms with van der Waals surface area (Å²) in [5.41, 5.74) is -0.0911. The summed E-state index contributed by atoms with van der Waals surface area (Å²) in [7, 11) is 1.45. The molecule has 3 rings (SSSR count). The molecule has 2 aliphatic heterocycles. The fourth-order valence-electron chi connectivity index (χ4n) is 2.99. The number of para-hydroxylation sites is 1. The van der Waals surface area contributed by atoms with Crippen LogP contribution in [0.5, 0.6) is 5.75 Å². The van der Waals surface area contributed by atoms with Crippen molar-refractivity contribution in [2.24, 2.45) is 5.92 Å². The quantitative estimate of drug-likeness (QED) is 0.376. The number of benzene rings is 1. The van der Waals surface area contributed by atoms with Gasteiger partial charge in [-0.3, -0.25) is 19.7 Å². The van der Waals surface area contributed by atoms with Crippen LogP contribution in [0, 0.1) is 16.0 Å². The highest BCUT2D eigenvalue weighted by Gasteiger charge is 2.54. The molecule has 25 heavy (non-hydrogen) atoms. The van der Waals surface area contributed by atoms with Crippen molar-refractivity contribution in [2.45, 2.75) is 25.6 Å². The Balaban J connectivity index is 2.17. The number of ether oxygens (including phenoxy) is 3. The molecule has 1 fully saturated rings. The summed E-state index contributed by atoms with van der Waals surface area (Å²) in [6.07, 6.45) is 0. The first-order valence-electron chi connectivity index (χ1n) is 7.54. The molecule has 0 bridgehead atoms. The van der Waals surface area contributed by atoms with Crippen LogP contribution < -0.4 is 10.1 Å². The molecule has 1 aromatic rings. The molecule has 1 unspecified atom stereocenters. The lowest BCUT2D eigenvalue weighted by atomic mass is 9.81. The van der Waals surface area contributed by atoms with Crippen LogP contribution in [-0.2, 0) is 19.1 Å². The summed E-state index contributed by atoms with van der Waals surface area (Å²) < 4.78 is 15.8. The van der Waals surface area contributed by atoms with Gasteiger partial charge in [-0.2, -0.15) is 0 Å². The average Bonchev–Trinajstić information content (AvgIpc) is 2.51. The van der Waals surface area contributed by atoms with Crippen LogP contribution >= 0.6 is 0 Å². The zero-order chi connectivity index (χ0) is 18.4. The Hall–Kier alpha value is -3.10. The third-order valence-electron chi connectivity index (χ3n) is 3.95. The van der Waals surface area contributed by atoms with E-state index in [1.165, 1.54) is 20.9 Å². The molecule has 1 aromatic carbocycles. The largest absolute Gasteiger partial charge is 0.435 e. The Morgan fingerprint density at radius 2 is 1.72 bits per heavy atom. The first-order valence-corrected chi connectivity index (χ1v) is 7.54. The van der Waals surface area contributed by atoms with Crippen LogP contribution in [0.25, 0.3) is 0 Å². The van der Waals surface area contributed by atoms with Gasteiger partial charge in [0.2, 0.25) is 0 Å². The van der Waals surface area contributed by atoms with E-state index >= 15 is 0 Å². The van der Waals surface area contributed by atoms with Crippen molar-refractivity contribution in [3.8, 4) is 5.75 Å². The fourth-order valence-corrected chi connectivity index (χ4v) is 2.99. The molecule has 132 valence electrons. The maximum Gasteiger partial charge on any atom is 0.324 e. The molecular weight excluding hydrogens is 332 g/mol. The molecule has 9 heteroatoms. The van der Waals surface area contributed by atoms with Crippen molar-refractivity contribution in [2.75, 3.05) is 7.05 Å². The Morgan fingerprint density at radius 3 is 2.28 bits per heavy atom. The van der Waals surface area contributed by atoms with E-state index in [2.05, 4.69) is 5.32 Å². The highest BCUT2D eigenvalue weighted by atomic mass is 16.7. The van der Waals surface area contributed by atoms with Crippen molar-refractivity contribution >= 4 is 11.9 Å². The van der Waals surface area contributed by atoms with Gasteiger partial charge in [-0.25, -0.2) is 0 Å². The molecule has 0 aliphatic carbocycles. The van der Waals surface area contributed by atoms with E-state index in [0.29, 0.717) is 11.3 Å². The number of nitrogens with one attached hydrogen (secondary N) is 1. The normalized spacial score (nSPS) is 22.4. The summed E-state index contributed by atoms with van der Waals surface area (Å²) in [4.78, 5) is 35.9. The smallest absolute Gasteiger partial charge is 0.324 e. The van der Waals surface area contributed by atoms with E-state index in [4.69, 9.17) is 14.2 Å². The van der Waals surface area contributed by atoms with Gasteiger partial charge in [-0.1, -0.05) is 18.2 Å². The third kappa shape index (κ3) is 2.77. The fraction of sp³-hybridized carbons (Fsp3) is 0.375. The van der Waals surface area contributed by atoms with E-state index in [1.807, 2.05) is 0 Å². The number of nitrogens with zero attached hydrogens (tertiary/aromatic N) is 1. The molecule has 0 spiro atoms. The lowest BCUT2D eigenvalue weighted by Crippen LogP contribution is -2.49. The zero-order valence-electron chi connectivity index (χ0n) is 13.8. The van der Waals surface area contributed by atoms with Gasteiger partial charge in [-0.05, 0) is 6.07 Å². The minimum atomic E-state index is -1.50. The van der Waals surface area contributed by atoms with E-state index in [0.717, 1.165) is 0 Å². The van der Waals surface area contributed by atoms with Gasteiger partial charge in [0.25, 0.3) is 11.7 Å².